The van der Waals surface area contributed by atoms with Crippen molar-refractivity contribution in [2.45, 2.75) is 0 Å². The number of nitrogens with zero attached hydrogens (tertiary/aromatic N) is 1. The normalized spacial score (nSPS) is 10.6. The van der Waals surface area contributed by atoms with Gasteiger partial charge in [0.1, 0.15) is 0 Å². The predicted molar refractivity (Wildman–Crippen MR) is 52.4 cm³/mol. The molecule has 1 rings (SSSR count). The van der Waals surface area contributed by atoms with Crippen LogP contribution in [0, 0.1) is 11.3 Å². The second-order valence-electron chi connectivity index (χ2n) is 2.58. The molecular weight excluding hydrogens is 162 g/mol. The Balaban J connectivity index is 2.94. The Morgan fingerprint density at radius 3 is 2.54 bits per heavy atom. The van der Waals surface area contributed by atoms with E-state index in [1.165, 1.54) is 0 Å². The Bertz CT molecular complexity index is 343. The average Bonchev–Trinajstić information content (AvgIpc) is 2.18. The maximum Gasteiger partial charge on any atom is 0.0991 e. The lowest BCUT2D eigenvalue weighted by atomic mass is 10.1. The van der Waals surface area contributed by atoms with Gasteiger partial charge in [0.05, 0.1) is 17.3 Å². The molecule has 0 atom stereocenters. The lowest BCUT2D eigenvalue weighted by Gasteiger charge is -2.00. The summed E-state index contributed by atoms with van der Waals surface area (Å²) in [6.45, 7) is 0. The van der Waals surface area contributed by atoms with E-state index in [1.807, 2.05) is 18.2 Å². The molecule has 0 heterocycles. The van der Waals surface area contributed by atoms with Gasteiger partial charge in [-0.15, -0.1) is 0 Å². The first kappa shape index (κ1) is 9.14. The van der Waals surface area contributed by atoms with Gasteiger partial charge in [0, 0.05) is 13.2 Å². The Morgan fingerprint density at radius 2 is 2.08 bits per heavy atom. The lowest BCUT2D eigenvalue weighted by molar-refractivity contribution is 1.10. The fourth-order valence-corrected chi connectivity index (χ4v) is 0.976. The Labute approximate surface area is 77.5 Å². The van der Waals surface area contributed by atoms with Crippen molar-refractivity contribution >= 4 is 5.70 Å². The maximum atomic E-state index is 8.56. The van der Waals surface area contributed by atoms with E-state index in [4.69, 9.17) is 11.0 Å². The topological polar surface area (TPSA) is 61.8 Å². The van der Waals surface area contributed by atoms with E-state index in [1.54, 1.807) is 25.4 Å². The predicted octanol–water partition coefficient (Wildman–Crippen LogP) is 1.03. The van der Waals surface area contributed by atoms with Gasteiger partial charge in [0.2, 0.25) is 0 Å². The third kappa shape index (κ3) is 2.24. The average molecular weight is 173 g/mol. The van der Waals surface area contributed by atoms with Gasteiger partial charge >= 0.3 is 0 Å². The molecule has 13 heavy (non-hydrogen) atoms. The first-order valence-electron chi connectivity index (χ1n) is 3.91. The minimum atomic E-state index is 0.640. The summed E-state index contributed by atoms with van der Waals surface area (Å²) in [6, 6.07) is 9.18. The number of nitriles is 1. The first-order chi connectivity index (χ1) is 6.27. The number of hydrogen-bond donors (Lipinski definition) is 2. The smallest absolute Gasteiger partial charge is 0.0991 e. The van der Waals surface area contributed by atoms with Gasteiger partial charge in [-0.05, 0) is 17.7 Å². The zero-order valence-electron chi connectivity index (χ0n) is 7.41. The molecule has 0 radical (unpaired) electrons. The number of benzene rings is 1. The molecule has 0 amide bonds. The number of rotatable bonds is 2. The molecule has 3 heteroatoms. The van der Waals surface area contributed by atoms with E-state index in [2.05, 4.69) is 5.32 Å². The summed E-state index contributed by atoms with van der Waals surface area (Å²) in [7, 11) is 1.79. The number of nitrogens with one attached hydrogen (secondary N) is 1. The highest BCUT2D eigenvalue weighted by Gasteiger charge is 1.95. The first-order valence-corrected chi connectivity index (χ1v) is 3.91. The molecule has 1 aromatic carbocycles. The fourth-order valence-electron chi connectivity index (χ4n) is 0.976. The molecule has 1 aromatic rings. The molecule has 0 aliphatic carbocycles. The summed E-state index contributed by atoms with van der Waals surface area (Å²) in [4.78, 5) is 0. The third-order valence-corrected chi connectivity index (χ3v) is 1.65. The third-order valence-electron chi connectivity index (χ3n) is 1.65. The molecule has 0 saturated heterocycles. The van der Waals surface area contributed by atoms with E-state index in [9.17, 15) is 0 Å². The van der Waals surface area contributed by atoms with Crippen LogP contribution in [-0.4, -0.2) is 7.05 Å². The van der Waals surface area contributed by atoms with Crippen molar-refractivity contribution in [1.82, 2.24) is 5.32 Å². The summed E-state index contributed by atoms with van der Waals surface area (Å²) in [5, 5.41) is 11.4. The van der Waals surface area contributed by atoms with Crippen LogP contribution in [-0.2, 0) is 0 Å². The van der Waals surface area contributed by atoms with Gasteiger partial charge in [0.25, 0.3) is 0 Å². The van der Waals surface area contributed by atoms with Crippen LogP contribution in [0.1, 0.15) is 11.1 Å². The van der Waals surface area contributed by atoms with Crippen molar-refractivity contribution in [2.75, 3.05) is 7.05 Å². The Kier molecular flexibility index (Phi) is 2.93. The van der Waals surface area contributed by atoms with E-state index in [-0.39, 0.29) is 0 Å². The molecular formula is C10H11N3. The largest absolute Gasteiger partial charge is 0.397 e. The Hall–Kier alpha value is -1.95. The standard InChI is InChI=1S/C10H11N3/c1-13-7-10(12)9-4-2-8(6-11)3-5-9/h2-5,7,13H,12H2,1H3/b10-7-. The van der Waals surface area contributed by atoms with E-state index in [0.29, 0.717) is 11.3 Å². The highest BCUT2D eigenvalue weighted by Crippen LogP contribution is 2.08. The van der Waals surface area contributed by atoms with E-state index < -0.39 is 0 Å². The molecule has 3 nitrogen and oxygen atoms in total. The highest BCUT2D eigenvalue weighted by atomic mass is 14.8. The van der Waals surface area contributed by atoms with Crippen LogP contribution in [0.2, 0.25) is 0 Å². The zero-order chi connectivity index (χ0) is 9.68. The van der Waals surface area contributed by atoms with Crippen LogP contribution >= 0.6 is 0 Å². The van der Waals surface area contributed by atoms with Gasteiger partial charge in [0.15, 0.2) is 0 Å². The fraction of sp³-hybridized carbons (Fsp3) is 0.100. The van der Waals surface area contributed by atoms with Gasteiger partial charge < -0.3 is 11.1 Å². The molecule has 0 fully saturated rings. The van der Waals surface area contributed by atoms with Gasteiger partial charge in [-0.25, -0.2) is 0 Å². The van der Waals surface area contributed by atoms with Gasteiger partial charge in [-0.2, -0.15) is 5.26 Å². The molecule has 0 bridgehead atoms. The summed E-state index contributed by atoms with van der Waals surface area (Å²) >= 11 is 0. The van der Waals surface area contributed by atoms with E-state index >= 15 is 0 Å². The summed E-state index contributed by atoms with van der Waals surface area (Å²) < 4.78 is 0. The van der Waals surface area contributed by atoms with Crippen LogP contribution in [0.4, 0.5) is 0 Å². The maximum absolute atomic E-state index is 8.56. The van der Waals surface area contributed by atoms with Gasteiger partial charge in [-0.3, -0.25) is 0 Å². The van der Waals surface area contributed by atoms with Crippen LogP contribution in [0.15, 0.2) is 30.5 Å². The number of nitrogens with two attached hydrogens (primary N) is 1. The van der Waals surface area contributed by atoms with Gasteiger partial charge in [-0.1, -0.05) is 12.1 Å². The van der Waals surface area contributed by atoms with Crippen molar-refractivity contribution in [3.8, 4) is 6.07 Å². The molecule has 0 aliphatic heterocycles. The second-order valence-corrected chi connectivity index (χ2v) is 2.58. The molecule has 0 spiro atoms. The molecule has 0 aromatic heterocycles. The van der Waals surface area contributed by atoms with Crippen LogP contribution in [0.25, 0.3) is 5.70 Å². The van der Waals surface area contributed by atoms with Crippen molar-refractivity contribution < 1.29 is 0 Å². The summed E-state index contributed by atoms with van der Waals surface area (Å²) in [6.07, 6.45) is 1.71. The SMILES string of the molecule is CN/C=C(\N)c1ccc(C#N)cc1. The molecule has 0 saturated carbocycles. The summed E-state index contributed by atoms with van der Waals surface area (Å²) in [5.41, 5.74) is 7.92. The minimum Gasteiger partial charge on any atom is -0.397 e. The second kappa shape index (κ2) is 4.17. The monoisotopic (exact) mass is 173 g/mol. The Morgan fingerprint density at radius 1 is 1.46 bits per heavy atom. The van der Waals surface area contributed by atoms with E-state index in [0.717, 1.165) is 5.56 Å². The van der Waals surface area contributed by atoms with Crippen LogP contribution < -0.4 is 11.1 Å². The lowest BCUT2D eigenvalue weighted by Crippen LogP contribution is -2.02. The molecule has 0 unspecified atom stereocenters. The van der Waals surface area contributed by atoms with Crippen molar-refractivity contribution in [3.05, 3.63) is 41.6 Å². The quantitative estimate of drug-likeness (QED) is 0.702. The molecule has 0 aliphatic rings. The van der Waals surface area contributed by atoms with Crippen molar-refractivity contribution in [2.24, 2.45) is 5.73 Å². The highest BCUT2D eigenvalue weighted by molar-refractivity contribution is 5.62. The molecule has 3 N–H and O–H groups in total. The van der Waals surface area contributed by atoms with Crippen molar-refractivity contribution in [3.63, 3.8) is 0 Å². The van der Waals surface area contributed by atoms with Crippen molar-refractivity contribution in [1.29, 1.82) is 5.26 Å². The number of hydrogen-bond acceptors (Lipinski definition) is 3. The zero-order valence-corrected chi connectivity index (χ0v) is 7.41. The molecule has 66 valence electrons. The van der Waals surface area contributed by atoms with Crippen LogP contribution in [0.3, 0.4) is 0 Å². The van der Waals surface area contributed by atoms with Crippen LogP contribution in [0.5, 0.6) is 0 Å². The minimum absolute atomic E-state index is 0.640. The summed E-state index contributed by atoms with van der Waals surface area (Å²) in [5.74, 6) is 0.